The van der Waals surface area contributed by atoms with Gasteiger partial charge in [0, 0.05) is 12.1 Å². The zero-order chi connectivity index (χ0) is 19.1. The van der Waals surface area contributed by atoms with Crippen molar-refractivity contribution in [3.63, 3.8) is 0 Å². The molecule has 2 rings (SSSR count). The summed E-state index contributed by atoms with van der Waals surface area (Å²) in [7, 11) is 1.61. The highest BCUT2D eigenvalue weighted by atomic mass is 16.5. The second kappa shape index (κ2) is 9.25. The van der Waals surface area contributed by atoms with Crippen LogP contribution in [0.5, 0.6) is 11.5 Å². The molecule has 1 atom stereocenters. The molecular formula is C21H28N2O3. The highest BCUT2D eigenvalue weighted by Gasteiger charge is 2.14. The minimum atomic E-state index is -0.162. The highest BCUT2D eigenvalue weighted by molar-refractivity contribution is 5.94. The number of nitrogens with one attached hydrogen (secondary N) is 1. The van der Waals surface area contributed by atoms with Crippen LogP contribution >= 0.6 is 0 Å². The molecule has 140 valence electrons. The van der Waals surface area contributed by atoms with Crippen molar-refractivity contribution in [2.45, 2.75) is 33.4 Å². The van der Waals surface area contributed by atoms with Gasteiger partial charge in [0.25, 0.3) is 5.91 Å². The Labute approximate surface area is 155 Å². The third-order valence-corrected chi connectivity index (χ3v) is 4.06. The van der Waals surface area contributed by atoms with E-state index in [0.717, 1.165) is 11.1 Å². The van der Waals surface area contributed by atoms with Gasteiger partial charge < -0.3 is 20.5 Å². The van der Waals surface area contributed by atoms with Crippen molar-refractivity contribution in [2.24, 2.45) is 11.7 Å². The monoisotopic (exact) mass is 356 g/mol. The first-order chi connectivity index (χ1) is 12.4. The normalized spacial score (nSPS) is 11.9. The summed E-state index contributed by atoms with van der Waals surface area (Å²) in [5.41, 5.74) is 8.14. The Kier molecular flexibility index (Phi) is 7.04. The molecule has 0 saturated heterocycles. The highest BCUT2D eigenvalue weighted by Crippen LogP contribution is 2.30. The predicted octanol–water partition coefficient (Wildman–Crippen LogP) is 3.68. The van der Waals surface area contributed by atoms with Crippen molar-refractivity contribution in [1.29, 1.82) is 0 Å². The maximum Gasteiger partial charge on any atom is 0.251 e. The first kappa shape index (κ1) is 19.8. The summed E-state index contributed by atoms with van der Waals surface area (Å²) in [6.45, 7) is 7.22. The summed E-state index contributed by atoms with van der Waals surface area (Å²) in [5.74, 6) is 1.68. The number of amides is 1. The van der Waals surface area contributed by atoms with Crippen molar-refractivity contribution >= 4 is 5.91 Å². The minimum absolute atomic E-state index is 0.125. The molecule has 0 aliphatic heterocycles. The average Bonchev–Trinajstić information content (AvgIpc) is 2.66. The minimum Gasteiger partial charge on any atom is -0.493 e. The Morgan fingerprint density at radius 3 is 2.35 bits per heavy atom. The number of rotatable bonds is 8. The number of carbonyl (C=O) groups excluding carboxylic acids is 1. The number of nitrogens with two attached hydrogens (primary N) is 1. The number of ether oxygens (including phenoxy) is 2. The molecule has 0 spiro atoms. The molecule has 0 aliphatic rings. The van der Waals surface area contributed by atoms with Crippen LogP contribution in [-0.2, 0) is 6.54 Å². The number of carbonyl (C=O) groups is 1. The van der Waals surface area contributed by atoms with Crippen LogP contribution in [0.15, 0.2) is 42.5 Å². The number of hydrogen-bond donors (Lipinski definition) is 2. The van der Waals surface area contributed by atoms with E-state index in [4.69, 9.17) is 15.2 Å². The first-order valence-corrected chi connectivity index (χ1v) is 8.85. The number of hydrogen-bond acceptors (Lipinski definition) is 4. The van der Waals surface area contributed by atoms with Crippen molar-refractivity contribution in [1.82, 2.24) is 5.32 Å². The molecule has 1 unspecified atom stereocenters. The standard InChI is InChI=1S/C21H28N2O3/c1-14(2)13-26-19-10-9-18(11-20(19)25-4)15(3)23-21(24)17-7-5-16(12-22)6-8-17/h5-11,14-15H,12-13,22H2,1-4H3,(H,23,24). The molecular weight excluding hydrogens is 328 g/mol. The summed E-state index contributed by atoms with van der Waals surface area (Å²) in [5, 5.41) is 3.00. The third kappa shape index (κ3) is 5.23. The molecule has 2 aromatic rings. The fourth-order valence-electron chi connectivity index (χ4n) is 2.48. The maximum atomic E-state index is 12.4. The van der Waals surface area contributed by atoms with E-state index in [9.17, 15) is 4.79 Å². The van der Waals surface area contributed by atoms with Gasteiger partial charge in [0.1, 0.15) is 0 Å². The van der Waals surface area contributed by atoms with Crippen molar-refractivity contribution in [2.75, 3.05) is 13.7 Å². The molecule has 0 aliphatic carbocycles. The topological polar surface area (TPSA) is 73.6 Å². The van der Waals surface area contributed by atoms with E-state index in [0.29, 0.717) is 36.1 Å². The zero-order valence-electron chi connectivity index (χ0n) is 15.9. The van der Waals surface area contributed by atoms with Gasteiger partial charge in [0.05, 0.1) is 19.8 Å². The Morgan fingerprint density at radius 2 is 1.77 bits per heavy atom. The summed E-state index contributed by atoms with van der Waals surface area (Å²) < 4.78 is 11.2. The summed E-state index contributed by atoms with van der Waals surface area (Å²) in [4.78, 5) is 12.4. The van der Waals surface area contributed by atoms with E-state index in [1.165, 1.54) is 0 Å². The molecule has 0 radical (unpaired) electrons. The van der Waals surface area contributed by atoms with E-state index in [1.54, 1.807) is 19.2 Å². The van der Waals surface area contributed by atoms with Gasteiger partial charge in [-0.2, -0.15) is 0 Å². The van der Waals surface area contributed by atoms with Crippen molar-refractivity contribution in [3.8, 4) is 11.5 Å². The van der Waals surface area contributed by atoms with Crippen LogP contribution in [-0.4, -0.2) is 19.6 Å². The summed E-state index contributed by atoms with van der Waals surface area (Å²) in [6, 6.07) is 12.9. The van der Waals surface area contributed by atoms with E-state index < -0.39 is 0 Å². The molecule has 0 aromatic heterocycles. The Morgan fingerprint density at radius 1 is 1.08 bits per heavy atom. The lowest BCUT2D eigenvalue weighted by atomic mass is 10.1. The molecule has 3 N–H and O–H groups in total. The van der Waals surface area contributed by atoms with Crippen LogP contribution < -0.4 is 20.5 Å². The zero-order valence-corrected chi connectivity index (χ0v) is 15.9. The van der Waals surface area contributed by atoms with Crippen molar-refractivity contribution in [3.05, 3.63) is 59.2 Å². The lowest BCUT2D eigenvalue weighted by Gasteiger charge is -2.18. The third-order valence-electron chi connectivity index (χ3n) is 4.06. The molecule has 0 heterocycles. The average molecular weight is 356 g/mol. The van der Waals surface area contributed by atoms with Crippen LogP contribution in [0, 0.1) is 5.92 Å². The van der Waals surface area contributed by atoms with E-state index in [1.807, 2.05) is 37.3 Å². The largest absolute Gasteiger partial charge is 0.493 e. The van der Waals surface area contributed by atoms with Crippen LogP contribution in [0.25, 0.3) is 0 Å². The van der Waals surface area contributed by atoms with Crippen molar-refractivity contribution < 1.29 is 14.3 Å². The van der Waals surface area contributed by atoms with Crippen LogP contribution in [0.3, 0.4) is 0 Å². The molecule has 0 bridgehead atoms. The molecule has 26 heavy (non-hydrogen) atoms. The number of methoxy groups -OCH3 is 1. The second-order valence-corrected chi connectivity index (χ2v) is 6.71. The van der Waals surface area contributed by atoms with Gasteiger partial charge in [-0.3, -0.25) is 4.79 Å². The van der Waals surface area contributed by atoms with Crippen LogP contribution in [0.4, 0.5) is 0 Å². The van der Waals surface area contributed by atoms with Crippen LogP contribution in [0.2, 0.25) is 0 Å². The van der Waals surface area contributed by atoms with Gasteiger partial charge in [-0.25, -0.2) is 0 Å². The molecule has 1 amide bonds. The van der Waals surface area contributed by atoms with Gasteiger partial charge in [-0.1, -0.05) is 32.0 Å². The SMILES string of the molecule is COc1cc(C(C)NC(=O)c2ccc(CN)cc2)ccc1OCC(C)C. The number of benzene rings is 2. The van der Waals surface area contributed by atoms with Gasteiger partial charge >= 0.3 is 0 Å². The lowest BCUT2D eigenvalue weighted by Crippen LogP contribution is -2.26. The van der Waals surface area contributed by atoms with E-state index >= 15 is 0 Å². The fourth-order valence-corrected chi connectivity index (χ4v) is 2.48. The Hall–Kier alpha value is -2.53. The molecule has 2 aromatic carbocycles. The fraction of sp³-hybridized carbons (Fsp3) is 0.381. The summed E-state index contributed by atoms with van der Waals surface area (Å²) >= 11 is 0. The predicted molar refractivity (Wildman–Crippen MR) is 104 cm³/mol. The first-order valence-electron chi connectivity index (χ1n) is 8.85. The van der Waals surface area contributed by atoms with Gasteiger partial charge in [0.2, 0.25) is 0 Å². The van der Waals surface area contributed by atoms with Crippen LogP contribution in [0.1, 0.15) is 48.3 Å². The quantitative estimate of drug-likeness (QED) is 0.757. The molecule has 0 saturated carbocycles. The lowest BCUT2D eigenvalue weighted by molar-refractivity contribution is 0.0940. The van der Waals surface area contributed by atoms with Gasteiger partial charge in [0.15, 0.2) is 11.5 Å². The Balaban J connectivity index is 2.07. The Bertz CT molecular complexity index is 727. The van der Waals surface area contributed by atoms with Gasteiger partial charge in [-0.15, -0.1) is 0 Å². The summed E-state index contributed by atoms with van der Waals surface area (Å²) in [6.07, 6.45) is 0. The maximum absolute atomic E-state index is 12.4. The van der Waals surface area contributed by atoms with E-state index in [2.05, 4.69) is 19.2 Å². The van der Waals surface area contributed by atoms with Gasteiger partial charge in [-0.05, 0) is 48.2 Å². The molecule has 5 heteroatoms. The molecule has 5 nitrogen and oxygen atoms in total. The molecule has 0 fully saturated rings. The van der Waals surface area contributed by atoms with E-state index in [-0.39, 0.29) is 11.9 Å². The smallest absolute Gasteiger partial charge is 0.251 e. The second-order valence-electron chi connectivity index (χ2n) is 6.71.